The van der Waals surface area contributed by atoms with E-state index in [0.717, 1.165) is 41.1 Å². The van der Waals surface area contributed by atoms with E-state index in [1.807, 2.05) is 0 Å². The van der Waals surface area contributed by atoms with Crippen LogP contribution in [0.2, 0.25) is 39.3 Å². The Morgan fingerprint density at radius 2 is 1.28 bits per heavy atom. The summed E-state index contributed by atoms with van der Waals surface area (Å²) in [7, 11) is -2.37. The molecule has 0 saturated carbocycles. The van der Waals surface area contributed by atoms with Gasteiger partial charge in [-0.05, 0) is 0 Å². The van der Waals surface area contributed by atoms with Crippen molar-refractivity contribution < 1.29 is 0 Å². The van der Waals surface area contributed by atoms with E-state index in [9.17, 15) is 0 Å². The van der Waals surface area contributed by atoms with Crippen LogP contribution >= 0.6 is 18.6 Å². The average Bonchev–Trinajstić information content (AvgIpc) is 2.74. The van der Waals surface area contributed by atoms with E-state index in [-0.39, 0.29) is 0 Å². The van der Waals surface area contributed by atoms with Crippen molar-refractivity contribution in [2.24, 2.45) is 10.8 Å². The minimum atomic E-state index is -1.18. The Bertz CT molecular complexity index is 505. The SMILES string of the molecule is CC(C)(C)C1P2[Se][Se]P1[P+]([Se-])(C([Si](C)(C)C)[Si](C)(C)C)C2C(C)(C)C. The van der Waals surface area contributed by atoms with Crippen LogP contribution in [-0.2, 0) is 0 Å². The molecule has 0 aromatic rings. The van der Waals surface area contributed by atoms with Crippen LogP contribution in [0.15, 0.2) is 0 Å². The van der Waals surface area contributed by atoms with Gasteiger partial charge in [-0.25, -0.2) is 0 Å². The first-order valence-corrected chi connectivity index (χ1v) is 33.0. The van der Waals surface area contributed by atoms with Gasteiger partial charge in [0.1, 0.15) is 0 Å². The van der Waals surface area contributed by atoms with Gasteiger partial charge in [-0.1, -0.05) is 0 Å². The van der Waals surface area contributed by atoms with Crippen molar-refractivity contribution in [1.82, 2.24) is 0 Å². The van der Waals surface area contributed by atoms with Gasteiger partial charge >= 0.3 is 183 Å². The minimum absolute atomic E-state index is 0.295. The second-order valence-electron chi connectivity index (χ2n) is 12.1. The van der Waals surface area contributed by atoms with E-state index >= 15 is 0 Å². The molecule has 2 rings (SSSR count). The molecule has 2 aliphatic heterocycles. The van der Waals surface area contributed by atoms with Crippen LogP contribution in [0, 0.1) is 10.8 Å². The molecule has 0 spiro atoms. The van der Waals surface area contributed by atoms with Crippen molar-refractivity contribution in [3.05, 3.63) is 0 Å². The van der Waals surface area contributed by atoms with Gasteiger partial charge < -0.3 is 0 Å². The molecule has 2 saturated heterocycles. The summed E-state index contributed by atoms with van der Waals surface area (Å²) in [5.41, 5.74) is 0.0841. The summed E-state index contributed by atoms with van der Waals surface area (Å²) >= 11 is 6.27. The Morgan fingerprint density at radius 3 is 1.60 bits per heavy atom. The predicted molar refractivity (Wildman–Crippen MR) is 135 cm³/mol. The summed E-state index contributed by atoms with van der Waals surface area (Å²) in [6.07, 6.45) is 0.307. The maximum atomic E-state index is 4.21. The second-order valence-corrected chi connectivity index (χ2v) is 58.1. The number of hydrogen-bond acceptors (Lipinski definition) is 0. The van der Waals surface area contributed by atoms with E-state index in [2.05, 4.69) is 96.4 Å². The third-order valence-electron chi connectivity index (χ3n) is 5.11. The van der Waals surface area contributed by atoms with Gasteiger partial charge in [-0.2, -0.15) is 0 Å². The Kier molecular flexibility index (Phi) is 7.32. The Morgan fingerprint density at radius 1 is 0.840 bits per heavy atom. The van der Waals surface area contributed by atoms with E-state index in [4.69, 9.17) is 0 Å². The van der Waals surface area contributed by atoms with Crippen LogP contribution in [0.3, 0.4) is 0 Å². The summed E-state index contributed by atoms with van der Waals surface area (Å²) in [5, 5.41) is 2.22. The Labute approximate surface area is 181 Å². The second kappa shape index (κ2) is 7.45. The summed E-state index contributed by atoms with van der Waals surface area (Å²) in [5.74, 6) is 0. The summed E-state index contributed by atoms with van der Waals surface area (Å²) in [4.78, 5) is 1.14. The predicted octanol–water partition coefficient (Wildman–Crippen LogP) is 7.01. The van der Waals surface area contributed by atoms with Gasteiger partial charge in [0.05, 0.1) is 0 Å². The van der Waals surface area contributed by atoms with Crippen LogP contribution in [0.25, 0.3) is 0 Å². The zero-order valence-electron chi connectivity index (χ0n) is 18.3. The molecule has 0 amide bonds. The molecule has 0 aromatic heterocycles. The third-order valence-corrected chi connectivity index (χ3v) is 89.8. The molecule has 2 bridgehead atoms. The molecular formula is C17H39P3Se3Si2. The average molecular weight is 629 g/mol. The fraction of sp³-hybridized carbons (Fsp3) is 1.00. The van der Waals surface area contributed by atoms with Gasteiger partial charge in [0, 0.05) is 0 Å². The topological polar surface area (TPSA) is 0 Å². The molecule has 0 radical (unpaired) electrons. The Balaban J connectivity index is 2.70. The fourth-order valence-electron chi connectivity index (χ4n) is 5.23. The number of rotatable bonds is 3. The van der Waals surface area contributed by atoms with Crippen LogP contribution in [0.1, 0.15) is 41.5 Å². The first-order valence-electron chi connectivity index (χ1n) is 9.36. The normalized spacial score (nSPS) is 37.2. The molecule has 8 heteroatoms. The maximum absolute atomic E-state index is 4.21. The van der Waals surface area contributed by atoms with E-state index in [1.165, 1.54) is 0 Å². The summed E-state index contributed by atoms with van der Waals surface area (Å²) < 4.78 is 0. The number of fused-ring (bicyclic) bond motifs is 2. The fourth-order valence-corrected chi connectivity index (χ4v) is 170. The zero-order chi connectivity index (χ0) is 19.8. The van der Waals surface area contributed by atoms with Gasteiger partial charge in [0.15, 0.2) is 0 Å². The van der Waals surface area contributed by atoms with Crippen LogP contribution in [0.5, 0.6) is 0 Å². The van der Waals surface area contributed by atoms with E-state index in [0.29, 0.717) is 23.7 Å². The van der Waals surface area contributed by atoms with Gasteiger partial charge in [-0.15, -0.1) is 0 Å². The molecule has 0 aliphatic carbocycles. The van der Waals surface area contributed by atoms with E-state index in [1.54, 1.807) is 0 Å². The molecule has 2 aliphatic rings. The molecule has 5 unspecified atom stereocenters. The van der Waals surface area contributed by atoms with Gasteiger partial charge in [0.2, 0.25) is 0 Å². The number of hydrogen-bond donors (Lipinski definition) is 0. The molecule has 5 atom stereocenters. The van der Waals surface area contributed by atoms with Crippen LogP contribution < -0.4 is 0 Å². The molecular weight excluding hydrogens is 590 g/mol. The molecule has 0 aromatic carbocycles. The van der Waals surface area contributed by atoms with Crippen molar-refractivity contribution in [1.29, 1.82) is 0 Å². The molecule has 2 heterocycles. The summed E-state index contributed by atoms with van der Waals surface area (Å²) in [6, 6.07) is 0. The first-order chi connectivity index (χ1) is 10.8. The molecule has 25 heavy (non-hydrogen) atoms. The third kappa shape index (κ3) is 4.50. The molecule has 148 valence electrons. The molecule has 0 nitrogen and oxygen atoms in total. The van der Waals surface area contributed by atoms with Crippen molar-refractivity contribution in [2.45, 2.75) is 96.5 Å². The quantitative estimate of drug-likeness (QED) is 0.233. The van der Waals surface area contributed by atoms with Crippen molar-refractivity contribution in [3.8, 4) is 0 Å². The molecule has 2 fully saturated rings. The standard InChI is InChI=1S/C17H39P3Se3Si2/c1-16(2,3)13-18-14(17(4,5)6)20(21,19(13)23-22-18)15(24(7,8)9)25(10,11)12/h13-15H,1-12H3. The van der Waals surface area contributed by atoms with Crippen LogP contribution in [-0.4, -0.2) is 72.8 Å². The van der Waals surface area contributed by atoms with Crippen molar-refractivity contribution in [3.63, 3.8) is 0 Å². The van der Waals surface area contributed by atoms with E-state index < -0.39 is 21.8 Å². The first kappa shape index (κ1) is 24.6. The Hall–Kier alpha value is 3.28. The van der Waals surface area contributed by atoms with Crippen LogP contribution in [0.4, 0.5) is 0 Å². The van der Waals surface area contributed by atoms with Gasteiger partial charge in [0.25, 0.3) is 0 Å². The zero-order valence-corrected chi connectivity index (χ0v) is 28.1. The monoisotopic (exact) mass is 632 g/mol. The van der Waals surface area contributed by atoms with Gasteiger partial charge in [-0.3, -0.25) is 0 Å². The molecule has 0 N–H and O–H groups in total. The summed E-state index contributed by atoms with van der Waals surface area (Å²) in [6.45, 7) is 32.2. The van der Waals surface area contributed by atoms with Crippen molar-refractivity contribution in [2.75, 3.05) is 0 Å². The van der Waals surface area contributed by atoms with Crippen molar-refractivity contribution >= 4 is 75.6 Å².